The van der Waals surface area contributed by atoms with Gasteiger partial charge in [-0.1, -0.05) is 30.3 Å². The molecule has 0 radical (unpaired) electrons. The Balaban J connectivity index is 1.50. The zero-order valence-electron chi connectivity index (χ0n) is 16.2. The van der Waals surface area contributed by atoms with Crippen LogP contribution in [0.3, 0.4) is 0 Å². The van der Waals surface area contributed by atoms with E-state index in [4.69, 9.17) is 9.84 Å². The highest BCUT2D eigenvalue weighted by atomic mass is 16.6. The molecule has 3 saturated carbocycles. The van der Waals surface area contributed by atoms with Crippen molar-refractivity contribution in [3.63, 3.8) is 0 Å². The quantitative estimate of drug-likeness (QED) is 0.695. The minimum absolute atomic E-state index is 0.255. The van der Waals surface area contributed by atoms with Crippen LogP contribution in [0.15, 0.2) is 30.3 Å². The molecule has 6 heteroatoms. The third-order valence-corrected chi connectivity index (χ3v) is 6.21. The average Bonchev–Trinajstić information content (AvgIpc) is 2.61. The lowest BCUT2D eigenvalue weighted by Gasteiger charge is -2.53. The molecule has 0 unspecified atom stereocenters. The molecule has 4 rings (SSSR count). The number of hydrogen-bond acceptors (Lipinski definition) is 3. The van der Waals surface area contributed by atoms with Gasteiger partial charge in [0.25, 0.3) is 0 Å². The Labute approximate surface area is 160 Å². The summed E-state index contributed by atoms with van der Waals surface area (Å²) in [6.45, 7) is 3.88. The monoisotopic (exact) mass is 374 g/mol. The lowest BCUT2D eigenvalue weighted by Crippen LogP contribution is -2.64. The maximum Gasteiger partial charge on any atom is 0.408 e. The van der Waals surface area contributed by atoms with Crippen molar-refractivity contribution >= 4 is 12.2 Å². The number of carbonyl (C=O) groups excluding carboxylic acids is 1. The van der Waals surface area contributed by atoms with Crippen molar-refractivity contribution in [3.05, 3.63) is 35.9 Å². The first-order valence-electron chi connectivity index (χ1n) is 9.78. The molecular formula is C21H30N2O4. The minimum atomic E-state index is -0.961. The van der Waals surface area contributed by atoms with Gasteiger partial charge in [0, 0.05) is 11.1 Å². The molecule has 27 heavy (non-hydrogen) atoms. The van der Waals surface area contributed by atoms with E-state index in [-0.39, 0.29) is 17.2 Å². The van der Waals surface area contributed by atoms with Gasteiger partial charge in [-0.05, 0) is 70.8 Å². The highest BCUT2D eigenvalue weighted by molar-refractivity contribution is 5.69. The van der Waals surface area contributed by atoms with Gasteiger partial charge >= 0.3 is 12.2 Å². The van der Waals surface area contributed by atoms with Gasteiger partial charge < -0.3 is 20.5 Å². The van der Waals surface area contributed by atoms with Crippen LogP contribution in [0.1, 0.15) is 64.4 Å². The zero-order valence-corrected chi connectivity index (χ0v) is 16.2. The van der Waals surface area contributed by atoms with E-state index in [1.807, 2.05) is 32.0 Å². The first-order chi connectivity index (χ1) is 12.7. The predicted molar refractivity (Wildman–Crippen MR) is 103 cm³/mol. The summed E-state index contributed by atoms with van der Waals surface area (Å²) in [7, 11) is 0. The normalized spacial score (nSPS) is 27.0. The molecule has 0 heterocycles. The van der Waals surface area contributed by atoms with E-state index in [1.165, 1.54) is 5.56 Å². The molecule has 1 aromatic carbocycles. The van der Waals surface area contributed by atoms with Crippen LogP contribution in [-0.4, -0.2) is 34.0 Å². The molecule has 2 bridgehead atoms. The Morgan fingerprint density at radius 3 is 2.04 bits per heavy atom. The maximum atomic E-state index is 12.5. The van der Waals surface area contributed by atoms with Crippen molar-refractivity contribution in [2.45, 2.75) is 81.9 Å². The average molecular weight is 374 g/mol. The number of ether oxygens (including phenoxy) is 1. The second-order valence-corrected chi connectivity index (χ2v) is 8.75. The fourth-order valence-electron chi connectivity index (χ4n) is 4.42. The second kappa shape index (κ2) is 7.41. The van der Waals surface area contributed by atoms with Crippen molar-refractivity contribution in [2.24, 2.45) is 0 Å². The van der Waals surface area contributed by atoms with Crippen LogP contribution in [0.4, 0.5) is 9.59 Å². The van der Waals surface area contributed by atoms with E-state index in [1.54, 1.807) is 0 Å². The topological polar surface area (TPSA) is 87.7 Å². The van der Waals surface area contributed by atoms with Gasteiger partial charge in [0.05, 0.1) is 0 Å². The van der Waals surface area contributed by atoms with Gasteiger partial charge in [0.15, 0.2) is 0 Å². The fraction of sp³-hybridized carbons (Fsp3) is 0.619. The van der Waals surface area contributed by atoms with Crippen LogP contribution in [0.2, 0.25) is 0 Å². The van der Waals surface area contributed by atoms with Crippen molar-refractivity contribution in [1.29, 1.82) is 0 Å². The third kappa shape index (κ3) is 4.93. The van der Waals surface area contributed by atoms with Crippen LogP contribution in [-0.2, 0) is 11.2 Å². The van der Waals surface area contributed by atoms with Crippen LogP contribution in [0.5, 0.6) is 0 Å². The van der Waals surface area contributed by atoms with Gasteiger partial charge in [-0.2, -0.15) is 0 Å². The lowest BCUT2D eigenvalue weighted by molar-refractivity contribution is 0.00950. The molecule has 0 atom stereocenters. The van der Waals surface area contributed by atoms with E-state index in [2.05, 4.69) is 22.8 Å². The van der Waals surface area contributed by atoms with Gasteiger partial charge in [-0.25, -0.2) is 9.59 Å². The number of nitrogens with one attached hydrogen (secondary N) is 2. The van der Waals surface area contributed by atoms with Crippen LogP contribution in [0, 0.1) is 0 Å². The SMILES string of the molecule is CC(C)(CCc1ccccc1)OC(=O)NC12CCC(NC(=O)O)(CC1)CC2. The Morgan fingerprint density at radius 1 is 1.00 bits per heavy atom. The smallest absolute Gasteiger partial charge is 0.408 e. The number of hydrogen-bond donors (Lipinski definition) is 3. The summed E-state index contributed by atoms with van der Waals surface area (Å²) in [5.41, 5.74) is 0.118. The van der Waals surface area contributed by atoms with E-state index in [0.717, 1.165) is 51.4 Å². The number of carboxylic acid groups (broad SMARTS) is 1. The Bertz CT molecular complexity index is 662. The Morgan fingerprint density at radius 2 is 1.52 bits per heavy atom. The first-order valence-corrected chi connectivity index (χ1v) is 9.78. The lowest BCUT2D eigenvalue weighted by atomic mass is 9.61. The highest BCUT2D eigenvalue weighted by Gasteiger charge is 2.50. The number of benzene rings is 1. The summed E-state index contributed by atoms with van der Waals surface area (Å²) >= 11 is 0. The van der Waals surface area contributed by atoms with E-state index in [0.29, 0.717) is 0 Å². The molecule has 6 nitrogen and oxygen atoms in total. The molecule has 0 aliphatic heterocycles. The molecule has 1 aromatic rings. The summed E-state index contributed by atoms with van der Waals surface area (Å²) in [5, 5.41) is 14.9. The number of amides is 2. The number of fused-ring (bicyclic) bond motifs is 3. The fourth-order valence-corrected chi connectivity index (χ4v) is 4.42. The number of carbonyl (C=O) groups is 2. The molecule has 0 aromatic heterocycles. The van der Waals surface area contributed by atoms with Crippen molar-refractivity contribution in [2.75, 3.05) is 0 Å². The van der Waals surface area contributed by atoms with Crippen molar-refractivity contribution < 1.29 is 19.4 Å². The summed E-state index contributed by atoms with van der Waals surface area (Å²) in [4.78, 5) is 23.6. The maximum absolute atomic E-state index is 12.5. The second-order valence-electron chi connectivity index (χ2n) is 8.75. The van der Waals surface area contributed by atoms with Gasteiger partial charge in [-0.3, -0.25) is 0 Å². The van der Waals surface area contributed by atoms with Gasteiger partial charge in [0.1, 0.15) is 5.60 Å². The molecule has 3 aliphatic rings. The summed E-state index contributed by atoms with van der Waals surface area (Å²) < 4.78 is 5.74. The van der Waals surface area contributed by atoms with Crippen molar-refractivity contribution in [3.8, 4) is 0 Å². The number of rotatable bonds is 6. The predicted octanol–water partition coefficient (Wildman–Crippen LogP) is 4.24. The molecule has 3 fully saturated rings. The zero-order chi connectivity index (χ0) is 19.5. The van der Waals surface area contributed by atoms with Crippen LogP contribution < -0.4 is 10.6 Å². The Kier molecular flexibility index (Phi) is 5.36. The van der Waals surface area contributed by atoms with Gasteiger partial charge in [0.2, 0.25) is 0 Å². The summed E-state index contributed by atoms with van der Waals surface area (Å²) in [5.74, 6) is 0. The molecule has 148 valence electrons. The molecule has 3 aliphatic carbocycles. The van der Waals surface area contributed by atoms with E-state index >= 15 is 0 Å². The standard InChI is InChI=1S/C21H30N2O4/c1-19(2,9-8-16-6-4-3-5-7-16)27-18(26)23-21-13-10-20(11-14-21,12-15-21)22-17(24)25/h3-7,22H,8-15H2,1-2H3,(H,23,26)(H,24,25). The molecule has 3 N–H and O–H groups in total. The van der Waals surface area contributed by atoms with E-state index < -0.39 is 11.7 Å². The molecule has 0 saturated heterocycles. The molecule has 0 spiro atoms. The Hall–Kier alpha value is -2.24. The van der Waals surface area contributed by atoms with Crippen molar-refractivity contribution in [1.82, 2.24) is 10.6 Å². The minimum Gasteiger partial charge on any atom is -0.465 e. The number of alkyl carbamates (subject to hydrolysis) is 1. The van der Waals surface area contributed by atoms with Crippen LogP contribution in [0.25, 0.3) is 0 Å². The third-order valence-electron chi connectivity index (χ3n) is 6.21. The van der Waals surface area contributed by atoms with Gasteiger partial charge in [-0.15, -0.1) is 0 Å². The van der Waals surface area contributed by atoms with E-state index in [9.17, 15) is 9.59 Å². The number of aryl methyl sites for hydroxylation is 1. The molecular weight excluding hydrogens is 344 g/mol. The largest absolute Gasteiger partial charge is 0.465 e. The summed E-state index contributed by atoms with van der Waals surface area (Å²) in [6.07, 6.45) is 4.92. The summed E-state index contributed by atoms with van der Waals surface area (Å²) in [6, 6.07) is 10.2. The van der Waals surface area contributed by atoms with Crippen LogP contribution >= 0.6 is 0 Å². The highest BCUT2D eigenvalue weighted by Crippen LogP contribution is 2.46. The molecule has 2 amide bonds. The first kappa shape index (κ1) is 19.5.